The predicted molar refractivity (Wildman–Crippen MR) is 46.3 cm³/mol. The lowest BCUT2D eigenvalue weighted by Gasteiger charge is -2.08. The Labute approximate surface area is 72.0 Å². The summed E-state index contributed by atoms with van der Waals surface area (Å²) < 4.78 is 4.96. The molecule has 0 saturated heterocycles. The highest BCUT2D eigenvalue weighted by atomic mass is 16.5. The van der Waals surface area contributed by atoms with E-state index < -0.39 is 0 Å². The summed E-state index contributed by atoms with van der Waals surface area (Å²) in [7, 11) is 1.58. The van der Waals surface area contributed by atoms with Crippen LogP contribution in [0.3, 0.4) is 0 Å². The van der Waals surface area contributed by atoms with Crippen LogP contribution in [-0.2, 0) is 0 Å². The molecule has 66 valence electrons. The average molecular weight is 167 g/mol. The topological polar surface area (TPSA) is 42.4 Å². The maximum atomic E-state index is 8.89. The van der Waals surface area contributed by atoms with Gasteiger partial charge in [0.05, 0.1) is 7.11 Å². The fourth-order valence-electron chi connectivity index (χ4n) is 0.948. The minimum absolute atomic E-state index is 0.141. The normalized spacial score (nSPS) is 12.6. The second-order valence-electron chi connectivity index (χ2n) is 2.72. The minimum atomic E-state index is 0.141. The lowest BCUT2D eigenvalue weighted by molar-refractivity contribution is 0.272. The fourth-order valence-corrected chi connectivity index (χ4v) is 0.948. The Morgan fingerprint density at radius 3 is 3.00 bits per heavy atom. The lowest BCUT2D eigenvalue weighted by atomic mass is 10.0. The van der Waals surface area contributed by atoms with Gasteiger partial charge in [-0.3, -0.25) is 0 Å². The first kappa shape index (κ1) is 9.00. The summed E-state index contributed by atoms with van der Waals surface area (Å²) in [6.07, 6.45) is 1.68. The van der Waals surface area contributed by atoms with E-state index >= 15 is 0 Å². The molecule has 3 heteroatoms. The Balaban J connectivity index is 2.86. The number of methoxy groups -OCH3 is 1. The molecule has 0 fully saturated rings. The number of aliphatic hydroxyl groups is 1. The summed E-state index contributed by atoms with van der Waals surface area (Å²) in [6, 6.07) is 3.71. The van der Waals surface area contributed by atoms with Crippen LogP contribution in [0.1, 0.15) is 18.4 Å². The molecule has 0 spiro atoms. The molecule has 0 amide bonds. The average Bonchev–Trinajstić information content (AvgIpc) is 2.17. The molecule has 0 saturated carbocycles. The highest BCUT2D eigenvalue weighted by molar-refractivity contribution is 5.23. The van der Waals surface area contributed by atoms with Gasteiger partial charge in [0.1, 0.15) is 0 Å². The molecule has 0 bridgehead atoms. The summed E-state index contributed by atoms with van der Waals surface area (Å²) in [5.41, 5.74) is 1.05. The number of rotatable bonds is 3. The van der Waals surface area contributed by atoms with E-state index in [0.29, 0.717) is 5.88 Å². The zero-order valence-electron chi connectivity index (χ0n) is 7.32. The second-order valence-corrected chi connectivity index (χ2v) is 2.72. The van der Waals surface area contributed by atoms with Gasteiger partial charge in [-0.25, -0.2) is 4.98 Å². The largest absolute Gasteiger partial charge is 0.481 e. The second kappa shape index (κ2) is 4.07. The first-order valence-electron chi connectivity index (χ1n) is 3.88. The Kier molecular flexibility index (Phi) is 3.05. The van der Waals surface area contributed by atoms with Gasteiger partial charge in [-0.2, -0.15) is 0 Å². The number of hydrogen-bond donors (Lipinski definition) is 1. The van der Waals surface area contributed by atoms with Crippen LogP contribution in [0, 0.1) is 0 Å². The maximum Gasteiger partial charge on any atom is 0.213 e. The highest BCUT2D eigenvalue weighted by Gasteiger charge is 2.04. The van der Waals surface area contributed by atoms with E-state index in [2.05, 4.69) is 4.98 Å². The molecule has 0 radical (unpaired) electrons. The standard InChI is InChI=1S/C9H13NO2/c1-7(6-11)8-3-4-10-9(5-8)12-2/h3-5,7,11H,6H2,1-2H3/t7-/m1/s1. The van der Waals surface area contributed by atoms with Gasteiger partial charge < -0.3 is 9.84 Å². The molecule has 1 heterocycles. The highest BCUT2D eigenvalue weighted by Crippen LogP contribution is 2.17. The van der Waals surface area contributed by atoms with Crippen molar-refractivity contribution in [2.45, 2.75) is 12.8 Å². The van der Waals surface area contributed by atoms with Crippen LogP contribution in [0.2, 0.25) is 0 Å². The van der Waals surface area contributed by atoms with E-state index in [9.17, 15) is 0 Å². The van der Waals surface area contributed by atoms with E-state index in [-0.39, 0.29) is 12.5 Å². The number of hydrogen-bond acceptors (Lipinski definition) is 3. The minimum Gasteiger partial charge on any atom is -0.481 e. The third kappa shape index (κ3) is 1.95. The van der Waals surface area contributed by atoms with Gasteiger partial charge in [-0.05, 0) is 11.6 Å². The van der Waals surface area contributed by atoms with Crippen molar-refractivity contribution in [3.05, 3.63) is 23.9 Å². The molecule has 1 N–H and O–H groups in total. The lowest BCUT2D eigenvalue weighted by Crippen LogP contribution is -1.99. The van der Waals surface area contributed by atoms with Gasteiger partial charge in [-0.1, -0.05) is 6.92 Å². The maximum absolute atomic E-state index is 8.89. The van der Waals surface area contributed by atoms with Crippen LogP contribution in [0.5, 0.6) is 5.88 Å². The molecule has 3 nitrogen and oxygen atoms in total. The smallest absolute Gasteiger partial charge is 0.213 e. The molecule has 1 atom stereocenters. The Hall–Kier alpha value is -1.09. The van der Waals surface area contributed by atoms with Crippen LogP contribution in [-0.4, -0.2) is 23.8 Å². The van der Waals surface area contributed by atoms with E-state index in [1.807, 2.05) is 19.1 Å². The molecule has 0 unspecified atom stereocenters. The SMILES string of the molecule is COc1cc([C@H](C)CO)ccn1. The van der Waals surface area contributed by atoms with Crippen LogP contribution in [0.25, 0.3) is 0 Å². The third-order valence-corrected chi connectivity index (χ3v) is 1.81. The van der Waals surface area contributed by atoms with Crippen molar-refractivity contribution < 1.29 is 9.84 Å². The summed E-state index contributed by atoms with van der Waals surface area (Å²) >= 11 is 0. The van der Waals surface area contributed by atoms with E-state index in [1.54, 1.807) is 13.3 Å². The van der Waals surface area contributed by atoms with Crippen molar-refractivity contribution in [2.24, 2.45) is 0 Å². The van der Waals surface area contributed by atoms with Gasteiger partial charge in [0.15, 0.2) is 0 Å². The first-order valence-corrected chi connectivity index (χ1v) is 3.88. The van der Waals surface area contributed by atoms with E-state index in [0.717, 1.165) is 5.56 Å². The van der Waals surface area contributed by atoms with Gasteiger partial charge >= 0.3 is 0 Å². The van der Waals surface area contributed by atoms with Crippen molar-refractivity contribution in [3.63, 3.8) is 0 Å². The number of aromatic nitrogens is 1. The van der Waals surface area contributed by atoms with Crippen molar-refractivity contribution in [1.29, 1.82) is 0 Å². The molecule has 0 aliphatic heterocycles. The quantitative estimate of drug-likeness (QED) is 0.735. The molecule has 1 rings (SSSR count). The van der Waals surface area contributed by atoms with Crippen molar-refractivity contribution in [3.8, 4) is 5.88 Å². The van der Waals surface area contributed by atoms with Gasteiger partial charge in [-0.15, -0.1) is 0 Å². The summed E-state index contributed by atoms with van der Waals surface area (Å²) in [5, 5.41) is 8.89. The van der Waals surface area contributed by atoms with Crippen LogP contribution < -0.4 is 4.74 Å². The molecule has 0 aromatic carbocycles. The molecule has 1 aromatic heterocycles. The molecule has 0 aliphatic rings. The predicted octanol–water partition coefficient (Wildman–Crippen LogP) is 1.19. The van der Waals surface area contributed by atoms with Crippen LogP contribution in [0.15, 0.2) is 18.3 Å². The Morgan fingerprint density at radius 1 is 1.67 bits per heavy atom. The molecular formula is C9H13NO2. The Morgan fingerprint density at radius 2 is 2.42 bits per heavy atom. The Bertz CT molecular complexity index is 250. The van der Waals surface area contributed by atoms with E-state index in [1.165, 1.54) is 0 Å². The van der Waals surface area contributed by atoms with Crippen LogP contribution >= 0.6 is 0 Å². The number of ether oxygens (including phenoxy) is 1. The van der Waals surface area contributed by atoms with Crippen LogP contribution in [0.4, 0.5) is 0 Å². The number of nitrogens with zero attached hydrogens (tertiary/aromatic N) is 1. The molecule has 0 aliphatic carbocycles. The van der Waals surface area contributed by atoms with Crippen molar-refractivity contribution >= 4 is 0 Å². The summed E-state index contributed by atoms with van der Waals surface area (Å²) in [5.74, 6) is 0.731. The number of pyridine rings is 1. The molecule has 1 aromatic rings. The molecule has 12 heavy (non-hydrogen) atoms. The summed E-state index contributed by atoms with van der Waals surface area (Å²) in [4.78, 5) is 3.97. The van der Waals surface area contributed by atoms with Crippen molar-refractivity contribution in [1.82, 2.24) is 4.98 Å². The number of aliphatic hydroxyl groups excluding tert-OH is 1. The monoisotopic (exact) mass is 167 g/mol. The zero-order valence-corrected chi connectivity index (χ0v) is 7.32. The van der Waals surface area contributed by atoms with Gasteiger partial charge in [0.2, 0.25) is 5.88 Å². The zero-order chi connectivity index (χ0) is 8.97. The van der Waals surface area contributed by atoms with Crippen molar-refractivity contribution in [2.75, 3.05) is 13.7 Å². The van der Waals surface area contributed by atoms with Gasteiger partial charge in [0, 0.05) is 24.8 Å². The van der Waals surface area contributed by atoms with Gasteiger partial charge in [0.25, 0.3) is 0 Å². The third-order valence-electron chi connectivity index (χ3n) is 1.81. The summed E-state index contributed by atoms with van der Waals surface area (Å²) in [6.45, 7) is 2.10. The first-order chi connectivity index (χ1) is 5.77. The molecular weight excluding hydrogens is 154 g/mol. The van der Waals surface area contributed by atoms with E-state index in [4.69, 9.17) is 9.84 Å². The fraction of sp³-hybridized carbons (Fsp3) is 0.444.